The highest BCUT2D eigenvalue weighted by molar-refractivity contribution is 5.96. The monoisotopic (exact) mass is 184 g/mol. The SMILES string of the molecule is COC(=O)c1c(O)ccc(O)c1O. The van der Waals surface area contributed by atoms with Crippen molar-refractivity contribution in [1.82, 2.24) is 0 Å². The minimum atomic E-state index is -0.911. The van der Waals surface area contributed by atoms with Crippen LogP contribution in [0.25, 0.3) is 0 Å². The van der Waals surface area contributed by atoms with E-state index in [-0.39, 0.29) is 0 Å². The lowest BCUT2D eigenvalue weighted by Crippen LogP contribution is -2.01. The molecule has 0 bridgehead atoms. The Labute approximate surface area is 73.8 Å². The van der Waals surface area contributed by atoms with Gasteiger partial charge in [-0.15, -0.1) is 0 Å². The van der Waals surface area contributed by atoms with Crippen molar-refractivity contribution in [3.63, 3.8) is 0 Å². The zero-order valence-electron chi connectivity index (χ0n) is 6.81. The number of phenols is 3. The molecule has 0 fully saturated rings. The molecule has 1 rings (SSSR count). The summed E-state index contributed by atoms with van der Waals surface area (Å²) in [5.74, 6) is -2.53. The normalized spacial score (nSPS) is 9.62. The average molecular weight is 184 g/mol. The van der Waals surface area contributed by atoms with E-state index < -0.39 is 28.8 Å². The molecule has 0 spiro atoms. The molecule has 0 amide bonds. The van der Waals surface area contributed by atoms with E-state index in [0.717, 1.165) is 19.2 Å². The van der Waals surface area contributed by atoms with Crippen LogP contribution in [0.4, 0.5) is 0 Å². The summed E-state index contributed by atoms with van der Waals surface area (Å²) >= 11 is 0. The number of carbonyl (C=O) groups is 1. The Morgan fingerprint density at radius 2 is 1.77 bits per heavy atom. The number of aromatic hydroxyl groups is 3. The Hall–Kier alpha value is -1.91. The van der Waals surface area contributed by atoms with Crippen molar-refractivity contribution in [1.29, 1.82) is 0 Å². The summed E-state index contributed by atoms with van der Waals surface area (Å²) in [4.78, 5) is 11.0. The summed E-state index contributed by atoms with van der Waals surface area (Å²) in [5.41, 5.74) is -0.442. The minimum absolute atomic E-state index is 0.442. The molecule has 3 N–H and O–H groups in total. The van der Waals surface area contributed by atoms with Gasteiger partial charge < -0.3 is 20.1 Å². The van der Waals surface area contributed by atoms with Crippen LogP contribution in [0.1, 0.15) is 10.4 Å². The molecule has 0 unspecified atom stereocenters. The number of carbonyl (C=O) groups excluding carboxylic acids is 1. The van der Waals surface area contributed by atoms with Crippen LogP contribution in [0, 0.1) is 0 Å². The van der Waals surface area contributed by atoms with E-state index in [0.29, 0.717) is 0 Å². The first-order valence-electron chi connectivity index (χ1n) is 3.40. The van der Waals surface area contributed by atoms with Gasteiger partial charge in [-0.05, 0) is 12.1 Å². The Kier molecular flexibility index (Phi) is 2.27. The molecule has 0 saturated carbocycles. The maximum Gasteiger partial charge on any atom is 0.345 e. The first-order chi connectivity index (χ1) is 6.07. The Morgan fingerprint density at radius 3 is 2.31 bits per heavy atom. The van der Waals surface area contributed by atoms with Gasteiger partial charge in [0.15, 0.2) is 11.5 Å². The van der Waals surface area contributed by atoms with Crippen molar-refractivity contribution >= 4 is 5.97 Å². The van der Waals surface area contributed by atoms with Gasteiger partial charge in [-0.3, -0.25) is 0 Å². The fraction of sp³-hybridized carbons (Fsp3) is 0.125. The first kappa shape index (κ1) is 9.18. The van der Waals surface area contributed by atoms with Crippen LogP contribution >= 0.6 is 0 Å². The number of esters is 1. The molecule has 0 heterocycles. The van der Waals surface area contributed by atoms with Crippen LogP contribution in [0.2, 0.25) is 0 Å². The fourth-order valence-electron chi connectivity index (χ4n) is 0.873. The molecule has 1 aromatic rings. The smallest absolute Gasteiger partial charge is 0.345 e. The van der Waals surface area contributed by atoms with Gasteiger partial charge in [0.25, 0.3) is 0 Å². The standard InChI is InChI=1S/C8H8O5/c1-13-8(12)6-4(9)2-3-5(10)7(6)11/h2-3,9-11H,1H3. The van der Waals surface area contributed by atoms with Gasteiger partial charge in [-0.1, -0.05) is 0 Å². The zero-order valence-corrected chi connectivity index (χ0v) is 6.81. The number of phenolic OH excluding ortho intramolecular Hbond substituents is 3. The summed E-state index contributed by atoms with van der Waals surface area (Å²) in [7, 11) is 1.10. The molecule has 0 aliphatic rings. The molecule has 70 valence electrons. The third-order valence-corrected chi connectivity index (χ3v) is 1.52. The van der Waals surface area contributed by atoms with Crippen LogP contribution in [-0.2, 0) is 4.74 Å². The highest BCUT2D eigenvalue weighted by Gasteiger charge is 2.19. The van der Waals surface area contributed by atoms with Gasteiger partial charge in [-0.25, -0.2) is 4.79 Å². The molecule has 0 aliphatic carbocycles. The molecule has 0 radical (unpaired) electrons. The predicted octanol–water partition coefficient (Wildman–Crippen LogP) is 0.590. The second-order valence-electron chi connectivity index (χ2n) is 2.32. The van der Waals surface area contributed by atoms with Gasteiger partial charge in [0, 0.05) is 0 Å². The van der Waals surface area contributed by atoms with Crippen molar-refractivity contribution in [3.8, 4) is 17.2 Å². The van der Waals surface area contributed by atoms with Gasteiger partial charge in [0.1, 0.15) is 11.3 Å². The number of ether oxygens (including phenoxy) is 1. The molecular weight excluding hydrogens is 176 g/mol. The minimum Gasteiger partial charge on any atom is -0.507 e. The Balaban J connectivity index is 3.33. The van der Waals surface area contributed by atoms with E-state index in [1.54, 1.807) is 0 Å². The summed E-state index contributed by atoms with van der Waals surface area (Å²) < 4.78 is 4.28. The molecule has 0 saturated heterocycles. The van der Waals surface area contributed by atoms with E-state index in [4.69, 9.17) is 15.3 Å². The van der Waals surface area contributed by atoms with Crippen molar-refractivity contribution in [3.05, 3.63) is 17.7 Å². The van der Waals surface area contributed by atoms with Crippen LogP contribution in [0.5, 0.6) is 17.2 Å². The quantitative estimate of drug-likeness (QED) is 0.338. The van der Waals surface area contributed by atoms with E-state index in [2.05, 4.69) is 4.74 Å². The third kappa shape index (κ3) is 1.48. The van der Waals surface area contributed by atoms with E-state index >= 15 is 0 Å². The lowest BCUT2D eigenvalue weighted by atomic mass is 10.1. The summed E-state index contributed by atoms with van der Waals surface area (Å²) in [6.07, 6.45) is 0. The lowest BCUT2D eigenvalue weighted by molar-refractivity contribution is 0.0593. The molecule has 5 nitrogen and oxygen atoms in total. The zero-order chi connectivity index (χ0) is 10.0. The topological polar surface area (TPSA) is 87.0 Å². The molecule has 5 heteroatoms. The fourth-order valence-corrected chi connectivity index (χ4v) is 0.873. The van der Waals surface area contributed by atoms with Crippen LogP contribution in [0.15, 0.2) is 12.1 Å². The van der Waals surface area contributed by atoms with Crippen molar-refractivity contribution in [2.24, 2.45) is 0 Å². The predicted molar refractivity (Wildman–Crippen MR) is 42.8 cm³/mol. The van der Waals surface area contributed by atoms with E-state index in [9.17, 15) is 4.79 Å². The molecule has 0 atom stereocenters. The second-order valence-corrected chi connectivity index (χ2v) is 2.32. The van der Waals surface area contributed by atoms with Gasteiger partial charge in [0.05, 0.1) is 7.11 Å². The van der Waals surface area contributed by atoms with Crippen molar-refractivity contribution in [2.45, 2.75) is 0 Å². The van der Waals surface area contributed by atoms with Crippen LogP contribution in [0.3, 0.4) is 0 Å². The maximum absolute atomic E-state index is 11.0. The third-order valence-electron chi connectivity index (χ3n) is 1.52. The van der Waals surface area contributed by atoms with Crippen LogP contribution in [-0.4, -0.2) is 28.4 Å². The summed E-state index contributed by atoms with van der Waals surface area (Å²) in [6, 6.07) is 2.15. The molecule has 0 aliphatic heterocycles. The highest BCUT2D eigenvalue weighted by atomic mass is 16.5. The number of benzene rings is 1. The van der Waals surface area contributed by atoms with Gasteiger partial charge in [-0.2, -0.15) is 0 Å². The van der Waals surface area contributed by atoms with Crippen LogP contribution < -0.4 is 0 Å². The average Bonchev–Trinajstić information content (AvgIpc) is 2.12. The first-order valence-corrected chi connectivity index (χ1v) is 3.40. The number of rotatable bonds is 1. The largest absolute Gasteiger partial charge is 0.507 e. The maximum atomic E-state index is 11.0. The molecular formula is C8H8O5. The molecule has 1 aromatic carbocycles. The molecule has 0 aromatic heterocycles. The Bertz CT molecular complexity index is 345. The summed E-state index contributed by atoms with van der Waals surface area (Å²) in [5, 5.41) is 27.3. The molecule has 13 heavy (non-hydrogen) atoms. The van der Waals surface area contributed by atoms with Crippen molar-refractivity contribution in [2.75, 3.05) is 7.11 Å². The van der Waals surface area contributed by atoms with E-state index in [1.807, 2.05) is 0 Å². The van der Waals surface area contributed by atoms with Crippen molar-refractivity contribution < 1.29 is 24.9 Å². The van der Waals surface area contributed by atoms with Gasteiger partial charge >= 0.3 is 5.97 Å². The summed E-state index contributed by atoms with van der Waals surface area (Å²) in [6.45, 7) is 0. The van der Waals surface area contributed by atoms with Gasteiger partial charge in [0.2, 0.25) is 0 Å². The van der Waals surface area contributed by atoms with E-state index in [1.165, 1.54) is 0 Å². The number of methoxy groups -OCH3 is 1. The highest BCUT2D eigenvalue weighted by Crippen LogP contribution is 2.35. The second kappa shape index (κ2) is 3.22. The lowest BCUT2D eigenvalue weighted by Gasteiger charge is -2.05. The number of hydrogen-bond acceptors (Lipinski definition) is 5. The number of hydrogen-bond donors (Lipinski definition) is 3. The Morgan fingerprint density at radius 1 is 1.23 bits per heavy atom.